The molecule has 2 nitrogen and oxygen atoms in total. The Morgan fingerprint density at radius 1 is 1.15 bits per heavy atom. The van der Waals surface area contributed by atoms with E-state index in [1.165, 1.54) is 32.1 Å². The van der Waals surface area contributed by atoms with Crippen LogP contribution < -0.4 is 5.73 Å². The molecule has 2 aliphatic carbocycles. The van der Waals surface area contributed by atoms with Crippen molar-refractivity contribution in [1.29, 1.82) is 0 Å². The Balaban J connectivity index is 1.88. The van der Waals surface area contributed by atoms with Crippen LogP contribution in [-0.4, -0.2) is 19.3 Å². The number of nitrogens with two attached hydrogens (primary N) is 1. The van der Waals surface area contributed by atoms with Gasteiger partial charge in [-0.2, -0.15) is 0 Å². The SMILES string of the molecule is NC1C2CCC(C2)C12CCOCC2. The standard InChI is InChI=1S/C11H19NO/c12-10-8-1-2-9(7-8)11(10)3-5-13-6-4-11/h8-10H,1-7,12H2. The summed E-state index contributed by atoms with van der Waals surface area (Å²) in [5.74, 6) is 1.79. The Kier molecular flexibility index (Phi) is 1.72. The number of fused-ring (bicyclic) bond motifs is 3. The van der Waals surface area contributed by atoms with E-state index in [0.717, 1.165) is 25.0 Å². The monoisotopic (exact) mass is 181 g/mol. The lowest BCUT2D eigenvalue weighted by atomic mass is 9.65. The van der Waals surface area contributed by atoms with Crippen LogP contribution in [0.2, 0.25) is 0 Å². The zero-order chi connectivity index (χ0) is 8.89. The van der Waals surface area contributed by atoms with Crippen molar-refractivity contribution in [3.05, 3.63) is 0 Å². The molecule has 0 aromatic rings. The van der Waals surface area contributed by atoms with E-state index >= 15 is 0 Å². The van der Waals surface area contributed by atoms with Crippen molar-refractivity contribution in [1.82, 2.24) is 0 Å². The van der Waals surface area contributed by atoms with Crippen LogP contribution in [0.3, 0.4) is 0 Å². The van der Waals surface area contributed by atoms with E-state index < -0.39 is 0 Å². The molecule has 13 heavy (non-hydrogen) atoms. The lowest BCUT2D eigenvalue weighted by Gasteiger charge is -2.45. The largest absolute Gasteiger partial charge is 0.381 e. The summed E-state index contributed by atoms with van der Waals surface area (Å²) in [7, 11) is 0. The van der Waals surface area contributed by atoms with Gasteiger partial charge in [0, 0.05) is 19.3 Å². The first kappa shape index (κ1) is 8.25. The van der Waals surface area contributed by atoms with Gasteiger partial charge in [-0.05, 0) is 49.4 Å². The Morgan fingerprint density at radius 2 is 1.92 bits per heavy atom. The van der Waals surface area contributed by atoms with Crippen molar-refractivity contribution in [2.45, 2.75) is 38.1 Å². The molecule has 1 heterocycles. The Labute approximate surface area is 79.8 Å². The zero-order valence-corrected chi connectivity index (χ0v) is 8.17. The highest BCUT2D eigenvalue weighted by Gasteiger charge is 2.56. The molecule has 0 aromatic carbocycles. The minimum absolute atomic E-state index is 0.496. The van der Waals surface area contributed by atoms with Crippen molar-refractivity contribution in [2.24, 2.45) is 23.0 Å². The molecule has 2 saturated carbocycles. The fourth-order valence-corrected chi connectivity index (χ4v) is 4.10. The first-order chi connectivity index (χ1) is 6.33. The van der Waals surface area contributed by atoms with Crippen LogP contribution in [0, 0.1) is 17.3 Å². The van der Waals surface area contributed by atoms with Crippen LogP contribution in [0.25, 0.3) is 0 Å². The summed E-state index contributed by atoms with van der Waals surface area (Å²) in [5, 5.41) is 0. The van der Waals surface area contributed by atoms with Crippen LogP contribution in [0.4, 0.5) is 0 Å². The molecule has 74 valence electrons. The van der Waals surface area contributed by atoms with Gasteiger partial charge in [0.25, 0.3) is 0 Å². The average molecular weight is 181 g/mol. The molecule has 1 spiro atoms. The third-order valence-electron chi connectivity index (χ3n) is 4.88. The summed E-state index contributed by atoms with van der Waals surface area (Å²) in [6.07, 6.45) is 6.72. The van der Waals surface area contributed by atoms with E-state index in [2.05, 4.69) is 0 Å². The fraction of sp³-hybridized carbons (Fsp3) is 1.00. The summed E-state index contributed by atoms with van der Waals surface area (Å²) in [5.41, 5.74) is 6.88. The number of hydrogen-bond acceptors (Lipinski definition) is 2. The summed E-state index contributed by atoms with van der Waals surface area (Å²) in [6.45, 7) is 1.91. The van der Waals surface area contributed by atoms with Crippen molar-refractivity contribution in [3.8, 4) is 0 Å². The Hall–Kier alpha value is -0.0800. The first-order valence-corrected chi connectivity index (χ1v) is 5.66. The molecule has 2 heteroatoms. The normalized spacial score (nSPS) is 47.3. The zero-order valence-electron chi connectivity index (χ0n) is 8.17. The maximum absolute atomic E-state index is 6.37. The molecular weight excluding hydrogens is 162 g/mol. The smallest absolute Gasteiger partial charge is 0.0472 e. The minimum atomic E-state index is 0.496. The molecule has 3 atom stereocenters. The molecule has 2 bridgehead atoms. The van der Waals surface area contributed by atoms with Gasteiger partial charge < -0.3 is 10.5 Å². The van der Waals surface area contributed by atoms with Gasteiger partial charge in [0.15, 0.2) is 0 Å². The summed E-state index contributed by atoms with van der Waals surface area (Å²) in [6, 6.07) is 0.496. The van der Waals surface area contributed by atoms with E-state index in [-0.39, 0.29) is 0 Å². The predicted octanol–water partition coefficient (Wildman–Crippen LogP) is 1.54. The second-order valence-corrected chi connectivity index (χ2v) is 5.14. The first-order valence-electron chi connectivity index (χ1n) is 5.66. The van der Waals surface area contributed by atoms with Gasteiger partial charge in [-0.25, -0.2) is 0 Å². The molecule has 0 radical (unpaired) electrons. The van der Waals surface area contributed by atoms with Crippen LogP contribution in [-0.2, 0) is 4.74 Å². The number of rotatable bonds is 0. The van der Waals surface area contributed by atoms with Crippen LogP contribution in [0.5, 0.6) is 0 Å². The van der Waals surface area contributed by atoms with Crippen molar-refractivity contribution < 1.29 is 4.74 Å². The summed E-state index contributed by atoms with van der Waals surface area (Å²) in [4.78, 5) is 0. The maximum atomic E-state index is 6.37. The van der Waals surface area contributed by atoms with Crippen LogP contribution in [0.1, 0.15) is 32.1 Å². The van der Waals surface area contributed by atoms with Gasteiger partial charge in [0.2, 0.25) is 0 Å². The average Bonchev–Trinajstić information content (AvgIpc) is 2.73. The van der Waals surface area contributed by atoms with E-state index in [1.807, 2.05) is 0 Å². The van der Waals surface area contributed by atoms with Gasteiger partial charge in [0.05, 0.1) is 0 Å². The second-order valence-electron chi connectivity index (χ2n) is 5.14. The molecule has 1 aliphatic heterocycles. The van der Waals surface area contributed by atoms with Crippen molar-refractivity contribution in [2.75, 3.05) is 13.2 Å². The lowest BCUT2D eigenvalue weighted by molar-refractivity contribution is -0.0257. The molecule has 3 rings (SSSR count). The molecule has 3 unspecified atom stereocenters. The highest BCUT2D eigenvalue weighted by molar-refractivity contribution is 5.08. The quantitative estimate of drug-likeness (QED) is 0.615. The molecule has 0 aromatic heterocycles. The van der Waals surface area contributed by atoms with Gasteiger partial charge in [-0.1, -0.05) is 0 Å². The lowest BCUT2D eigenvalue weighted by Crippen LogP contribution is -2.49. The molecule has 2 N–H and O–H groups in total. The number of hydrogen-bond donors (Lipinski definition) is 1. The fourth-order valence-electron chi connectivity index (χ4n) is 4.10. The van der Waals surface area contributed by atoms with E-state index in [1.54, 1.807) is 0 Å². The maximum Gasteiger partial charge on any atom is 0.0472 e. The summed E-state index contributed by atoms with van der Waals surface area (Å²) >= 11 is 0. The summed E-state index contributed by atoms with van der Waals surface area (Å²) < 4.78 is 5.46. The highest BCUT2D eigenvalue weighted by atomic mass is 16.5. The third kappa shape index (κ3) is 0.962. The van der Waals surface area contributed by atoms with E-state index in [0.29, 0.717) is 11.5 Å². The molecule has 3 fully saturated rings. The highest BCUT2D eigenvalue weighted by Crippen LogP contribution is 2.59. The Bertz CT molecular complexity index is 206. The predicted molar refractivity (Wildman–Crippen MR) is 51.3 cm³/mol. The van der Waals surface area contributed by atoms with E-state index in [4.69, 9.17) is 10.5 Å². The van der Waals surface area contributed by atoms with Crippen molar-refractivity contribution >= 4 is 0 Å². The molecule has 0 amide bonds. The molecule has 1 saturated heterocycles. The van der Waals surface area contributed by atoms with E-state index in [9.17, 15) is 0 Å². The minimum Gasteiger partial charge on any atom is -0.381 e. The van der Waals surface area contributed by atoms with Crippen LogP contribution in [0.15, 0.2) is 0 Å². The van der Waals surface area contributed by atoms with Gasteiger partial charge >= 0.3 is 0 Å². The van der Waals surface area contributed by atoms with Gasteiger partial charge in [0.1, 0.15) is 0 Å². The third-order valence-corrected chi connectivity index (χ3v) is 4.88. The second kappa shape index (κ2) is 2.71. The van der Waals surface area contributed by atoms with Crippen molar-refractivity contribution in [3.63, 3.8) is 0 Å². The van der Waals surface area contributed by atoms with Gasteiger partial charge in [-0.3, -0.25) is 0 Å². The van der Waals surface area contributed by atoms with Crippen LogP contribution >= 0.6 is 0 Å². The Morgan fingerprint density at radius 3 is 2.54 bits per heavy atom. The van der Waals surface area contributed by atoms with Gasteiger partial charge in [-0.15, -0.1) is 0 Å². The molecular formula is C11H19NO. The molecule has 3 aliphatic rings. The number of ether oxygens (including phenoxy) is 1. The topological polar surface area (TPSA) is 35.2 Å².